The van der Waals surface area contributed by atoms with Crippen molar-refractivity contribution < 1.29 is 19.1 Å². The number of rotatable bonds is 3. The fraction of sp³-hybridized carbons (Fsp3) is 0.619. The van der Waals surface area contributed by atoms with E-state index in [4.69, 9.17) is 9.47 Å². The number of morpholine rings is 1. The fourth-order valence-corrected chi connectivity index (χ4v) is 4.48. The predicted molar refractivity (Wildman–Crippen MR) is 99.9 cm³/mol. The van der Waals surface area contributed by atoms with Gasteiger partial charge >= 0.3 is 0 Å². The lowest BCUT2D eigenvalue weighted by Crippen LogP contribution is -2.68. The molecule has 1 aromatic rings. The Morgan fingerprint density at radius 2 is 1.96 bits per heavy atom. The Hall–Kier alpha value is -1.92. The van der Waals surface area contributed by atoms with Crippen molar-refractivity contribution in [3.05, 3.63) is 35.9 Å². The molecule has 0 aromatic heterocycles. The van der Waals surface area contributed by atoms with Gasteiger partial charge in [-0.05, 0) is 31.7 Å². The molecule has 2 atom stereocenters. The summed E-state index contributed by atoms with van der Waals surface area (Å²) >= 11 is 0. The number of hydrogen-bond acceptors (Lipinski definition) is 4. The quantitative estimate of drug-likeness (QED) is 0.812. The zero-order valence-electron chi connectivity index (χ0n) is 15.9. The van der Waals surface area contributed by atoms with Crippen LogP contribution < -0.4 is 0 Å². The highest BCUT2D eigenvalue weighted by Gasteiger charge is 2.49. The summed E-state index contributed by atoms with van der Waals surface area (Å²) < 4.78 is 11.4. The minimum Gasteiger partial charge on any atom is -0.381 e. The lowest BCUT2D eigenvalue weighted by molar-refractivity contribution is -0.191. The number of fused-ring (bicyclic) bond motifs is 1. The maximum atomic E-state index is 13.0. The molecule has 6 heteroatoms. The highest BCUT2D eigenvalue weighted by Crippen LogP contribution is 2.35. The van der Waals surface area contributed by atoms with Crippen molar-refractivity contribution in [3.8, 4) is 0 Å². The first-order chi connectivity index (χ1) is 13.1. The molecule has 0 aliphatic carbocycles. The topological polar surface area (TPSA) is 59.1 Å². The van der Waals surface area contributed by atoms with Gasteiger partial charge < -0.3 is 19.3 Å². The SMILES string of the molecule is C[C@@]12CCN(C(=O)C3CCOCC3)C[C@H]1N(Cc1ccccc1)C(=O)CO2. The average molecular weight is 372 g/mol. The van der Waals surface area contributed by atoms with Crippen molar-refractivity contribution in [2.45, 2.75) is 44.4 Å². The monoisotopic (exact) mass is 372 g/mol. The fourth-order valence-electron chi connectivity index (χ4n) is 4.48. The molecule has 2 amide bonds. The van der Waals surface area contributed by atoms with Crippen molar-refractivity contribution >= 4 is 11.8 Å². The average Bonchev–Trinajstić information content (AvgIpc) is 2.71. The summed E-state index contributed by atoms with van der Waals surface area (Å²) in [5, 5.41) is 0. The third kappa shape index (κ3) is 3.73. The van der Waals surface area contributed by atoms with Gasteiger partial charge in [0.1, 0.15) is 6.61 Å². The molecule has 0 bridgehead atoms. The van der Waals surface area contributed by atoms with Crippen LogP contribution in [0.15, 0.2) is 30.3 Å². The molecule has 3 aliphatic heterocycles. The van der Waals surface area contributed by atoms with Crippen LogP contribution in [0.5, 0.6) is 0 Å². The molecule has 3 fully saturated rings. The molecule has 0 unspecified atom stereocenters. The Bertz CT molecular complexity index is 689. The Labute approximate surface area is 160 Å². The van der Waals surface area contributed by atoms with Crippen LogP contribution in [0, 0.1) is 5.92 Å². The van der Waals surface area contributed by atoms with E-state index in [-0.39, 0.29) is 30.4 Å². The van der Waals surface area contributed by atoms with Gasteiger partial charge in [-0.2, -0.15) is 0 Å². The van der Waals surface area contributed by atoms with Crippen LogP contribution in [0.2, 0.25) is 0 Å². The number of hydrogen-bond donors (Lipinski definition) is 0. The van der Waals surface area contributed by atoms with E-state index in [2.05, 4.69) is 6.92 Å². The number of nitrogens with zero attached hydrogens (tertiary/aromatic N) is 2. The van der Waals surface area contributed by atoms with Gasteiger partial charge in [-0.25, -0.2) is 0 Å². The maximum Gasteiger partial charge on any atom is 0.249 e. The molecule has 3 saturated heterocycles. The van der Waals surface area contributed by atoms with Gasteiger partial charge in [0.15, 0.2) is 0 Å². The second kappa shape index (κ2) is 7.60. The van der Waals surface area contributed by atoms with Gasteiger partial charge in [0.2, 0.25) is 11.8 Å². The van der Waals surface area contributed by atoms with E-state index in [0.717, 1.165) is 24.8 Å². The molecular weight excluding hydrogens is 344 g/mol. The van der Waals surface area contributed by atoms with Crippen LogP contribution in [0.3, 0.4) is 0 Å². The molecular formula is C21H28N2O4. The van der Waals surface area contributed by atoms with Crippen LogP contribution in [0.1, 0.15) is 31.7 Å². The normalized spacial score (nSPS) is 29.5. The standard InChI is InChI=1S/C21H28N2O4/c1-21-9-10-22(20(25)17-7-11-26-12-8-17)14-18(21)23(19(24)15-27-21)13-16-5-3-2-4-6-16/h2-6,17-18H,7-15H2,1H3/t18-,21-/m1/s1. The summed E-state index contributed by atoms with van der Waals surface area (Å²) in [6, 6.07) is 9.91. The Morgan fingerprint density at radius 1 is 1.22 bits per heavy atom. The first-order valence-corrected chi connectivity index (χ1v) is 9.91. The zero-order chi connectivity index (χ0) is 18.9. The molecule has 1 aromatic carbocycles. The lowest BCUT2D eigenvalue weighted by atomic mass is 9.84. The van der Waals surface area contributed by atoms with Crippen LogP contribution in [-0.4, -0.2) is 66.2 Å². The van der Waals surface area contributed by atoms with Crippen LogP contribution in [-0.2, 0) is 25.6 Å². The van der Waals surface area contributed by atoms with Gasteiger partial charge in [-0.3, -0.25) is 9.59 Å². The molecule has 0 spiro atoms. The molecule has 0 saturated carbocycles. The van der Waals surface area contributed by atoms with Gasteiger partial charge in [-0.15, -0.1) is 0 Å². The number of carbonyl (C=O) groups is 2. The number of ether oxygens (including phenoxy) is 2. The van der Waals surface area contributed by atoms with Crippen molar-refractivity contribution in [2.75, 3.05) is 32.9 Å². The molecule has 27 heavy (non-hydrogen) atoms. The number of piperidine rings is 1. The minimum atomic E-state index is -0.394. The van der Waals surface area contributed by atoms with E-state index in [1.807, 2.05) is 40.1 Å². The van der Waals surface area contributed by atoms with E-state index in [0.29, 0.717) is 32.8 Å². The summed E-state index contributed by atoms with van der Waals surface area (Å²) in [5.74, 6) is 0.255. The van der Waals surface area contributed by atoms with Gasteiger partial charge in [0.25, 0.3) is 0 Å². The molecule has 146 valence electrons. The van der Waals surface area contributed by atoms with Gasteiger partial charge in [0.05, 0.1) is 11.6 Å². The van der Waals surface area contributed by atoms with E-state index in [9.17, 15) is 9.59 Å². The maximum absolute atomic E-state index is 13.0. The summed E-state index contributed by atoms with van der Waals surface area (Å²) in [5.41, 5.74) is 0.706. The Balaban J connectivity index is 1.52. The zero-order valence-corrected chi connectivity index (χ0v) is 15.9. The highest BCUT2D eigenvalue weighted by molar-refractivity contribution is 5.81. The molecule has 6 nitrogen and oxygen atoms in total. The summed E-state index contributed by atoms with van der Waals surface area (Å²) in [6.07, 6.45) is 2.34. The number of benzene rings is 1. The van der Waals surface area contributed by atoms with Gasteiger partial charge in [-0.1, -0.05) is 30.3 Å². The summed E-state index contributed by atoms with van der Waals surface area (Å²) in [4.78, 5) is 29.5. The van der Waals surface area contributed by atoms with Gasteiger partial charge in [0, 0.05) is 38.8 Å². The van der Waals surface area contributed by atoms with E-state index < -0.39 is 5.60 Å². The van der Waals surface area contributed by atoms with Crippen molar-refractivity contribution in [2.24, 2.45) is 5.92 Å². The van der Waals surface area contributed by atoms with Crippen molar-refractivity contribution in [1.82, 2.24) is 9.80 Å². The van der Waals surface area contributed by atoms with Crippen LogP contribution in [0.4, 0.5) is 0 Å². The van der Waals surface area contributed by atoms with Crippen molar-refractivity contribution in [3.63, 3.8) is 0 Å². The van der Waals surface area contributed by atoms with E-state index >= 15 is 0 Å². The Morgan fingerprint density at radius 3 is 2.70 bits per heavy atom. The largest absolute Gasteiger partial charge is 0.381 e. The number of amides is 2. The predicted octanol–water partition coefficient (Wildman–Crippen LogP) is 1.83. The third-order valence-corrected chi connectivity index (χ3v) is 6.28. The molecule has 3 aliphatic rings. The second-order valence-electron chi connectivity index (χ2n) is 8.05. The highest BCUT2D eigenvalue weighted by atomic mass is 16.5. The Kier molecular flexibility index (Phi) is 5.19. The third-order valence-electron chi connectivity index (χ3n) is 6.28. The first kappa shape index (κ1) is 18.4. The summed E-state index contributed by atoms with van der Waals surface area (Å²) in [6.45, 7) is 5.32. The molecule has 0 N–H and O–H groups in total. The van der Waals surface area contributed by atoms with E-state index in [1.165, 1.54) is 0 Å². The van der Waals surface area contributed by atoms with Crippen LogP contribution >= 0.6 is 0 Å². The second-order valence-corrected chi connectivity index (χ2v) is 8.05. The number of carbonyl (C=O) groups excluding carboxylic acids is 2. The first-order valence-electron chi connectivity index (χ1n) is 9.91. The van der Waals surface area contributed by atoms with Crippen molar-refractivity contribution in [1.29, 1.82) is 0 Å². The molecule has 0 radical (unpaired) electrons. The number of likely N-dealkylation sites (tertiary alicyclic amines) is 1. The minimum absolute atomic E-state index is 0.00157. The van der Waals surface area contributed by atoms with Crippen LogP contribution in [0.25, 0.3) is 0 Å². The van der Waals surface area contributed by atoms with E-state index in [1.54, 1.807) is 0 Å². The molecule has 3 heterocycles. The molecule has 4 rings (SSSR count). The lowest BCUT2D eigenvalue weighted by Gasteiger charge is -2.53. The smallest absolute Gasteiger partial charge is 0.249 e. The summed E-state index contributed by atoms with van der Waals surface area (Å²) in [7, 11) is 0.